The van der Waals surface area contributed by atoms with Crippen LogP contribution in [-0.2, 0) is 16.0 Å². The molecular formula is C28H35N5O5. The van der Waals surface area contributed by atoms with Crippen molar-refractivity contribution in [1.82, 2.24) is 14.9 Å². The van der Waals surface area contributed by atoms with Crippen LogP contribution in [0.15, 0.2) is 45.7 Å². The molecule has 0 atom stereocenters. The molecule has 1 saturated carbocycles. The van der Waals surface area contributed by atoms with E-state index in [1.165, 1.54) is 0 Å². The van der Waals surface area contributed by atoms with E-state index in [-0.39, 0.29) is 17.3 Å². The molecule has 202 valence electrons. The SMILES string of the molecule is Cc1c(NC(=O)OC(C)(C)C)ccc2nc(NC3(C(=O)N(C)CCc4ccccn4)CCCC3)oc(=O)c12. The molecule has 0 bridgehead atoms. The number of ether oxygens (including phenoxy) is 1. The lowest BCUT2D eigenvalue weighted by Crippen LogP contribution is -2.51. The van der Waals surface area contributed by atoms with E-state index < -0.39 is 22.9 Å². The summed E-state index contributed by atoms with van der Waals surface area (Å²) >= 11 is 0. The molecule has 0 spiro atoms. The molecule has 1 aromatic carbocycles. The van der Waals surface area contributed by atoms with E-state index in [1.807, 2.05) is 18.2 Å². The first-order valence-electron chi connectivity index (χ1n) is 12.9. The Morgan fingerprint density at radius 3 is 2.55 bits per heavy atom. The van der Waals surface area contributed by atoms with Gasteiger partial charge in [0.1, 0.15) is 11.1 Å². The van der Waals surface area contributed by atoms with Crippen LogP contribution in [0.3, 0.4) is 0 Å². The molecule has 1 fully saturated rings. The van der Waals surface area contributed by atoms with Crippen LogP contribution in [0.4, 0.5) is 16.5 Å². The summed E-state index contributed by atoms with van der Waals surface area (Å²) in [6, 6.07) is 9.03. The van der Waals surface area contributed by atoms with Gasteiger partial charge >= 0.3 is 11.7 Å². The summed E-state index contributed by atoms with van der Waals surface area (Å²) in [6.45, 7) is 7.54. The lowest BCUT2D eigenvalue weighted by atomic mass is 9.95. The summed E-state index contributed by atoms with van der Waals surface area (Å²) in [7, 11) is 1.78. The average molecular weight is 522 g/mol. The highest BCUT2D eigenvalue weighted by Gasteiger charge is 2.43. The zero-order valence-corrected chi connectivity index (χ0v) is 22.6. The number of nitrogens with zero attached hydrogens (tertiary/aromatic N) is 3. The number of benzene rings is 1. The third-order valence-corrected chi connectivity index (χ3v) is 6.68. The number of nitrogens with one attached hydrogen (secondary N) is 2. The highest BCUT2D eigenvalue weighted by molar-refractivity contribution is 5.93. The molecule has 2 aromatic heterocycles. The lowest BCUT2D eigenvalue weighted by Gasteiger charge is -2.33. The number of amides is 2. The van der Waals surface area contributed by atoms with Crippen LogP contribution >= 0.6 is 0 Å². The number of pyridine rings is 1. The Balaban J connectivity index is 1.55. The van der Waals surface area contributed by atoms with Gasteiger partial charge in [-0.15, -0.1) is 0 Å². The summed E-state index contributed by atoms with van der Waals surface area (Å²) < 4.78 is 10.9. The van der Waals surface area contributed by atoms with Crippen LogP contribution in [0.1, 0.15) is 57.7 Å². The highest BCUT2D eigenvalue weighted by atomic mass is 16.6. The van der Waals surface area contributed by atoms with Gasteiger partial charge < -0.3 is 19.4 Å². The Kier molecular flexibility index (Phi) is 7.71. The second-order valence-electron chi connectivity index (χ2n) is 10.8. The molecule has 10 nitrogen and oxygen atoms in total. The monoisotopic (exact) mass is 521 g/mol. The van der Waals surface area contributed by atoms with Gasteiger partial charge in [-0.25, -0.2) is 9.59 Å². The molecule has 2 heterocycles. The van der Waals surface area contributed by atoms with Gasteiger partial charge in [-0.1, -0.05) is 18.9 Å². The molecule has 3 aromatic rings. The maximum Gasteiger partial charge on any atom is 0.412 e. The van der Waals surface area contributed by atoms with Gasteiger partial charge in [0.2, 0.25) is 5.91 Å². The minimum absolute atomic E-state index is 0.00290. The van der Waals surface area contributed by atoms with Gasteiger partial charge in [-0.3, -0.25) is 15.1 Å². The Morgan fingerprint density at radius 2 is 1.89 bits per heavy atom. The van der Waals surface area contributed by atoms with Crippen molar-refractivity contribution in [2.75, 3.05) is 24.2 Å². The molecule has 0 aliphatic heterocycles. The molecule has 2 N–H and O–H groups in total. The maximum absolute atomic E-state index is 13.6. The van der Waals surface area contributed by atoms with Gasteiger partial charge in [0.25, 0.3) is 6.01 Å². The highest BCUT2D eigenvalue weighted by Crippen LogP contribution is 2.35. The number of hydrogen-bond donors (Lipinski definition) is 2. The van der Waals surface area contributed by atoms with E-state index in [4.69, 9.17) is 9.15 Å². The number of aryl methyl sites for hydroxylation is 1. The Labute approximate surface area is 221 Å². The first-order valence-corrected chi connectivity index (χ1v) is 12.9. The van der Waals surface area contributed by atoms with E-state index in [9.17, 15) is 14.4 Å². The fourth-order valence-corrected chi connectivity index (χ4v) is 4.79. The van der Waals surface area contributed by atoms with Crippen molar-refractivity contribution in [2.24, 2.45) is 0 Å². The number of rotatable bonds is 7. The summed E-state index contributed by atoms with van der Waals surface area (Å²) in [5.41, 5.74) is 0.102. The molecule has 2 amide bonds. The molecule has 38 heavy (non-hydrogen) atoms. The molecule has 0 radical (unpaired) electrons. The molecule has 10 heteroatoms. The van der Waals surface area contributed by atoms with E-state index in [0.29, 0.717) is 42.6 Å². The van der Waals surface area contributed by atoms with Crippen LogP contribution in [0, 0.1) is 6.92 Å². The Hall–Kier alpha value is -3.95. The molecule has 0 unspecified atom stereocenters. The fourth-order valence-electron chi connectivity index (χ4n) is 4.79. The summed E-state index contributed by atoms with van der Waals surface area (Å²) in [5, 5.41) is 6.11. The second-order valence-corrected chi connectivity index (χ2v) is 10.8. The quantitative estimate of drug-likeness (QED) is 0.460. The predicted octanol–water partition coefficient (Wildman–Crippen LogP) is 4.66. The standard InChI is InChI=1S/C28H35N5O5/c1-18-20(31-26(36)38-27(2,3)4)11-12-21-22(18)23(34)37-25(30-21)32-28(14-7-8-15-28)24(35)33(5)17-13-19-10-6-9-16-29-19/h6,9-12,16H,7-8,13-15,17H2,1-5H3,(H,30,32)(H,31,36). The number of anilines is 2. The minimum Gasteiger partial charge on any atom is -0.444 e. The van der Waals surface area contributed by atoms with Gasteiger partial charge in [-0.05, 0) is 70.4 Å². The number of likely N-dealkylation sites (N-methyl/N-ethyl adjacent to an activating group) is 1. The molecule has 1 aliphatic rings. The van der Waals surface area contributed by atoms with Gasteiger partial charge in [0.05, 0.1) is 10.9 Å². The maximum atomic E-state index is 13.6. The zero-order chi connectivity index (χ0) is 27.5. The second kappa shape index (κ2) is 10.8. The van der Waals surface area contributed by atoms with E-state index in [2.05, 4.69) is 20.6 Å². The van der Waals surface area contributed by atoms with E-state index >= 15 is 0 Å². The van der Waals surface area contributed by atoms with Gasteiger partial charge in [0, 0.05) is 37.6 Å². The van der Waals surface area contributed by atoms with Crippen LogP contribution < -0.4 is 16.3 Å². The summed E-state index contributed by atoms with van der Waals surface area (Å²) in [5.74, 6) is -0.0661. The van der Waals surface area contributed by atoms with Crippen LogP contribution in [0.2, 0.25) is 0 Å². The Bertz CT molecular complexity index is 1370. The summed E-state index contributed by atoms with van der Waals surface area (Å²) in [4.78, 5) is 49.4. The van der Waals surface area contributed by atoms with Crippen LogP contribution in [-0.4, -0.2) is 51.6 Å². The third-order valence-electron chi connectivity index (χ3n) is 6.68. The van der Waals surface area contributed by atoms with E-state index in [0.717, 1.165) is 18.5 Å². The first-order chi connectivity index (χ1) is 18.0. The molecule has 4 rings (SSSR count). The van der Waals surface area contributed by atoms with Crippen LogP contribution in [0.5, 0.6) is 0 Å². The summed E-state index contributed by atoms with van der Waals surface area (Å²) in [6.07, 6.45) is 4.74. The topological polar surface area (TPSA) is 127 Å². The number of carbonyl (C=O) groups excluding carboxylic acids is 2. The van der Waals surface area contributed by atoms with Crippen LogP contribution in [0.25, 0.3) is 10.9 Å². The van der Waals surface area contributed by atoms with Gasteiger partial charge in [0.15, 0.2) is 0 Å². The number of fused-ring (bicyclic) bond motifs is 1. The van der Waals surface area contributed by atoms with Crippen molar-refractivity contribution in [1.29, 1.82) is 0 Å². The minimum atomic E-state index is -0.900. The number of aromatic nitrogens is 2. The fraction of sp³-hybridized carbons (Fsp3) is 0.464. The van der Waals surface area contributed by atoms with Crippen molar-refractivity contribution >= 4 is 34.6 Å². The molecule has 1 aliphatic carbocycles. The van der Waals surface area contributed by atoms with Crippen molar-refractivity contribution < 1.29 is 18.7 Å². The Morgan fingerprint density at radius 1 is 1.16 bits per heavy atom. The van der Waals surface area contributed by atoms with Crippen molar-refractivity contribution in [3.63, 3.8) is 0 Å². The normalized spacial score (nSPS) is 14.8. The van der Waals surface area contributed by atoms with Gasteiger partial charge in [-0.2, -0.15) is 4.98 Å². The van der Waals surface area contributed by atoms with E-state index in [1.54, 1.807) is 58.0 Å². The predicted molar refractivity (Wildman–Crippen MR) is 145 cm³/mol. The van der Waals surface area contributed by atoms with Crippen molar-refractivity contribution in [3.8, 4) is 0 Å². The lowest BCUT2D eigenvalue weighted by molar-refractivity contribution is -0.134. The zero-order valence-electron chi connectivity index (χ0n) is 22.6. The number of carbonyl (C=O) groups is 2. The van der Waals surface area contributed by atoms with Crippen molar-refractivity contribution in [3.05, 3.63) is 58.2 Å². The molecule has 0 saturated heterocycles. The molecular weight excluding hydrogens is 486 g/mol. The van der Waals surface area contributed by atoms with Crippen molar-refractivity contribution in [2.45, 2.75) is 70.9 Å². The smallest absolute Gasteiger partial charge is 0.412 e. The third kappa shape index (κ3) is 6.12. The first kappa shape index (κ1) is 27.1. The average Bonchev–Trinajstić information content (AvgIpc) is 3.32. The largest absolute Gasteiger partial charge is 0.444 e. The number of hydrogen-bond acceptors (Lipinski definition) is 8.